The molecule has 0 saturated heterocycles. The van der Waals surface area contributed by atoms with Gasteiger partial charge in [-0.15, -0.1) is 0 Å². The molecule has 4 heteroatoms. The van der Waals surface area contributed by atoms with E-state index >= 15 is 0 Å². The standard InChI is InChI=1S/C45H73N2O2/c1-6-8-10-12-14-16-18-20-24-28-44(48)38-30-32-42-40(36-38)41-37-39(45(49)29-25-21-19-17-15-13-11-9-7-2)31-33-43(41)46(42)34-26-22-23-27-35-47(3,4)5/h30-33,36-37H,6-29,34-35H2,1-5H3/q+1. The second-order valence-electron chi connectivity index (χ2n) is 16.0. The zero-order valence-electron chi connectivity index (χ0n) is 32.6. The van der Waals surface area contributed by atoms with Crippen LogP contribution in [0.2, 0.25) is 0 Å². The highest BCUT2D eigenvalue weighted by Gasteiger charge is 2.16. The van der Waals surface area contributed by atoms with Crippen LogP contribution in [-0.2, 0) is 6.54 Å². The quantitative estimate of drug-likeness (QED) is 0.0418. The molecule has 0 spiro atoms. The van der Waals surface area contributed by atoms with Crippen LogP contribution < -0.4 is 0 Å². The Morgan fingerprint density at radius 3 is 1.27 bits per heavy atom. The Balaban J connectivity index is 1.66. The lowest BCUT2D eigenvalue weighted by Crippen LogP contribution is -2.35. The first kappa shape index (κ1) is 41.0. The average Bonchev–Trinajstić information content (AvgIpc) is 3.39. The molecule has 3 aromatic rings. The number of Topliss-reactive ketones (excluding diaryl/α,β-unsaturated/α-hetero) is 2. The molecule has 1 heterocycles. The lowest BCUT2D eigenvalue weighted by Gasteiger charge is -2.23. The molecule has 0 fully saturated rings. The molecule has 0 unspecified atom stereocenters. The van der Waals surface area contributed by atoms with Crippen LogP contribution in [0.5, 0.6) is 0 Å². The number of carbonyl (C=O) groups is 2. The van der Waals surface area contributed by atoms with E-state index in [0.717, 1.165) is 65.0 Å². The highest BCUT2D eigenvalue weighted by Crippen LogP contribution is 2.32. The van der Waals surface area contributed by atoms with Gasteiger partial charge in [-0.05, 0) is 68.5 Å². The highest BCUT2D eigenvalue weighted by atomic mass is 16.1. The van der Waals surface area contributed by atoms with E-state index in [2.05, 4.69) is 63.8 Å². The van der Waals surface area contributed by atoms with Gasteiger partial charge in [0.05, 0.1) is 27.7 Å². The summed E-state index contributed by atoms with van der Waals surface area (Å²) in [5.41, 5.74) is 4.00. The number of aromatic nitrogens is 1. The molecule has 0 amide bonds. The lowest BCUT2D eigenvalue weighted by atomic mass is 9.99. The van der Waals surface area contributed by atoms with Crippen LogP contribution in [0.1, 0.15) is 189 Å². The predicted molar refractivity (Wildman–Crippen MR) is 213 cm³/mol. The largest absolute Gasteiger partial charge is 0.340 e. The smallest absolute Gasteiger partial charge is 0.162 e. The van der Waals surface area contributed by atoms with E-state index < -0.39 is 0 Å². The summed E-state index contributed by atoms with van der Waals surface area (Å²) < 4.78 is 3.46. The third kappa shape index (κ3) is 15.1. The molecule has 3 rings (SSSR count). The van der Waals surface area contributed by atoms with Gasteiger partial charge in [-0.3, -0.25) is 9.59 Å². The SMILES string of the molecule is CCCCCCCCCCCC(=O)c1ccc2c(c1)c1cc(C(=O)CCCCCCCCCCC)ccc1n2CCCCCC[N+](C)(C)C. The van der Waals surface area contributed by atoms with Crippen molar-refractivity contribution in [1.82, 2.24) is 4.57 Å². The summed E-state index contributed by atoms with van der Waals surface area (Å²) in [5.74, 6) is 0.501. The van der Waals surface area contributed by atoms with Gasteiger partial charge in [0, 0.05) is 52.3 Å². The molecule has 0 N–H and O–H groups in total. The number of rotatable bonds is 29. The third-order valence-corrected chi connectivity index (χ3v) is 10.5. The first-order chi connectivity index (χ1) is 23.7. The predicted octanol–water partition coefficient (Wildman–Crippen LogP) is 13.3. The number of quaternary nitrogens is 1. The fourth-order valence-corrected chi connectivity index (χ4v) is 7.38. The van der Waals surface area contributed by atoms with E-state index in [1.807, 2.05) is 12.1 Å². The zero-order chi connectivity index (χ0) is 35.3. The summed E-state index contributed by atoms with van der Waals surface area (Å²) >= 11 is 0. The van der Waals surface area contributed by atoms with Crippen LogP contribution in [0, 0.1) is 0 Å². The maximum atomic E-state index is 13.4. The zero-order valence-corrected chi connectivity index (χ0v) is 32.6. The normalized spacial score (nSPS) is 12.0. The van der Waals surface area contributed by atoms with Crippen molar-refractivity contribution < 1.29 is 14.1 Å². The first-order valence-electron chi connectivity index (χ1n) is 20.7. The van der Waals surface area contributed by atoms with Gasteiger partial charge in [0.15, 0.2) is 11.6 Å². The number of hydrogen-bond acceptors (Lipinski definition) is 2. The summed E-state index contributed by atoms with van der Waals surface area (Å²) in [4.78, 5) is 26.7. The van der Waals surface area contributed by atoms with E-state index in [-0.39, 0.29) is 11.6 Å². The van der Waals surface area contributed by atoms with Gasteiger partial charge in [-0.1, -0.05) is 123 Å². The number of hydrogen-bond donors (Lipinski definition) is 0. The second-order valence-corrected chi connectivity index (χ2v) is 16.0. The molecule has 0 bridgehead atoms. The number of ketones is 2. The number of unbranched alkanes of at least 4 members (excludes halogenated alkanes) is 19. The topological polar surface area (TPSA) is 39.1 Å². The van der Waals surface area contributed by atoms with Crippen LogP contribution in [0.15, 0.2) is 36.4 Å². The van der Waals surface area contributed by atoms with E-state index in [4.69, 9.17) is 0 Å². The Morgan fingerprint density at radius 1 is 0.490 bits per heavy atom. The fourth-order valence-electron chi connectivity index (χ4n) is 7.38. The summed E-state index contributed by atoms with van der Waals surface area (Å²) in [5, 5.41) is 2.24. The van der Waals surface area contributed by atoms with E-state index in [1.54, 1.807) is 0 Å². The van der Waals surface area contributed by atoms with Crippen molar-refractivity contribution in [2.75, 3.05) is 27.7 Å². The Bertz CT molecular complexity index is 1290. The molecule has 1 aromatic heterocycles. The van der Waals surface area contributed by atoms with Crippen molar-refractivity contribution in [1.29, 1.82) is 0 Å². The minimum absolute atomic E-state index is 0.251. The minimum Gasteiger partial charge on any atom is -0.340 e. The number of carbonyl (C=O) groups excluding carboxylic acids is 2. The van der Waals surface area contributed by atoms with Crippen molar-refractivity contribution in [3.63, 3.8) is 0 Å². The lowest BCUT2D eigenvalue weighted by molar-refractivity contribution is -0.870. The minimum atomic E-state index is 0.251. The van der Waals surface area contributed by atoms with Gasteiger partial charge in [0.1, 0.15) is 0 Å². The molecule has 0 atom stereocenters. The number of fused-ring (bicyclic) bond motifs is 3. The molecule has 0 aliphatic carbocycles. The second kappa shape index (κ2) is 23.1. The van der Waals surface area contributed by atoms with Crippen molar-refractivity contribution in [2.24, 2.45) is 0 Å². The number of benzene rings is 2. The Labute approximate surface area is 301 Å². The Morgan fingerprint density at radius 2 is 0.857 bits per heavy atom. The fraction of sp³-hybridized carbons (Fsp3) is 0.689. The van der Waals surface area contributed by atoms with Gasteiger partial charge >= 0.3 is 0 Å². The molecular weight excluding hydrogens is 601 g/mol. The summed E-state index contributed by atoms with van der Waals surface area (Å²) in [6.07, 6.45) is 28.7. The van der Waals surface area contributed by atoms with E-state index in [9.17, 15) is 9.59 Å². The van der Waals surface area contributed by atoms with Crippen molar-refractivity contribution >= 4 is 33.4 Å². The van der Waals surface area contributed by atoms with Gasteiger partial charge in [-0.2, -0.15) is 0 Å². The van der Waals surface area contributed by atoms with Gasteiger partial charge in [-0.25, -0.2) is 0 Å². The molecule has 0 radical (unpaired) electrons. The third-order valence-electron chi connectivity index (χ3n) is 10.5. The maximum Gasteiger partial charge on any atom is 0.162 e. The highest BCUT2D eigenvalue weighted by molar-refractivity contribution is 6.13. The summed E-state index contributed by atoms with van der Waals surface area (Å²) in [6, 6.07) is 12.7. The van der Waals surface area contributed by atoms with Crippen LogP contribution in [0.3, 0.4) is 0 Å². The summed E-state index contributed by atoms with van der Waals surface area (Å²) in [6.45, 7) is 6.70. The molecule has 49 heavy (non-hydrogen) atoms. The van der Waals surface area contributed by atoms with Crippen molar-refractivity contribution in [3.05, 3.63) is 47.5 Å². The Hall–Kier alpha value is -2.46. The van der Waals surface area contributed by atoms with Crippen LogP contribution in [-0.4, -0.2) is 48.3 Å². The van der Waals surface area contributed by atoms with E-state index in [1.165, 1.54) is 127 Å². The molecule has 0 saturated carbocycles. The average molecular weight is 674 g/mol. The van der Waals surface area contributed by atoms with Crippen molar-refractivity contribution in [3.8, 4) is 0 Å². The van der Waals surface area contributed by atoms with Gasteiger partial charge < -0.3 is 9.05 Å². The molecular formula is C45H73N2O2+. The van der Waals surface area contributed by atoms with E-state index in [0.29, 0.717) is 12.8 Å². The number of nitrogens with zero attached hydrogens (tertiary/aromatic N) is 2. The molecule has 2 aromatic carbocycles. The van der Waals surface area contributed by atoms with Crippen LogP contribution in [0.25, 0.3) is 21.8 Å². The molecule has 4 nitrogen and oxygen atoms in total. The Kier molecular flexibility index (Phi) is 19.3. The summed E-state index contributed by atoms with van der Waals surface area (Å²) in [7, 11) is 6.80. The monoisotopic (exact) mass is 674 g/mol. The first-order valence-corrected chi connectivity index (χ1v) is 20.7. The molecule has 0 aliphatic rings. The van der Waals surface area contributed by atoms with Crippen LogP contribution in [0.4, 0.5) is 0 Å². The van der Waals surface area contributed by atoms with Gasteiger partial charge in [0.2, 0.25) is 0 Å². The van der Waals surface area contributed by atoms with Crippen molar-refractivity contribution in [2.45, 2.75) is 174 Å². The molecule has 0 aliphatic heterocycles. The van der Waals surface area contributed by atoms with Crippen LogP contribution >= 0.6 is 0 Å². The maximum absolute atomic E-state index is 13.4. The van der Waals surface area contributed by atoms with Gasteiger partial charge in [0.25, 0.3) is 0 Å². The molecule has 274 valence electrons. The number of aryl methyl sites for hydroxylation is 1.